The fourth-order valence-electron chi connectivity index (χ4n) is 1.67. The molecule has 0 aliphatic rings. The Morgan fingerprint density at radius 2 is 1.83 bits per heavy atom. The van der Waals surface area contributed by atoms with Gasteiger partial charge in [0.05, 0.1) is 26.4 Å². The lowest BCUT2D eigenvalue weighted by Gasteiger charge is -2.18. The Kier molecular flexibility index (Phi) is 4.80. The summed E-state index contributed by atoms with van der Waals surface area (Å²) in [7, 11) is 2.64. The maximum absolute atomic E-state index is 12.9. The number of nitrogens with two attached hydrogens (primary N) is 1. The average Bonchev–Trinajstić information content (AvgIpc) is 2.33. The third-order valence-electron chi connectivity index (χ3n) is 2.42. The number of halogens is 3. The van der Waals surface area contributed by atoms with Crippen LogP contribution in [0.15, 0.2) is 12.1 Å². The molecule has 1 aromatic rings. The number of hydrogen-bond acceptors (Lipinski definition) is 4. The molecule has 0 unspecified atom stereocenters. The molecule has 4 nitrogen and oxygen atoms in total. The first-order chi connectivity index (χ1) is 8.45. The van der Waals surface area contributed by atoms with Gasteiger partial charge in [-0.25, -0.2) is 5.90 Å². The molecule has 0 bridgehead atoms. The first-order valence-electron chi connectivity index (χ1n) is 5.08. The molecule has 2 N–H and O–H groups in total. The van der Waals surface area contributed by atoms with Crippen LogP contribution in [0.1, 0.15) is 11.1 Å². The summed E-state index contributed by atoms with van der Waals surface area (Å²) in [5.41, 5.74) is -0.813. The van der Waals surface area contributed by atoms with E-state index in [9.17, 15) is 13.2 Å². The maximum Gasteiger partial charge on any atom is 0.416 e. The third kappa shape index (κ3) is 3.05. The zero-order valence-electron chi connectivity index (χ0n) is 10.0. The van der Waals surface area contributed by atoms with Crippen molar-refractivity contribution in [2.24, 2.45) is 5.90 Å². The number of hydrogen-bond donors (Lipinski definition) is 1. The van der Waals surface area contributed by atoms with Crippen molar-refractivity contribution in [2.75, 3.05) is 20.8 Å². The van der Waals surface area contributed by atoms with Crippen LogP contribution in [0.3, 0.4) is 0 Å². The smallest absolute Gasteiger partial charge is 0.416 e. The van der Waals surface area contributed by atoms with Crippen molar-refractivity contribution < 1.29 is 27.5 Å². The van der Waals surface area contributed by atoms with Crippen molar-refractivity contribution in [3.63, 3.8) is 0 Å². The minimum atomic E-state index is -4.47. The summed E-state index contributed by atoms with van der Waals surface area (Å²) in [5.74, 6) is 5.12. The van der Waals surface area contributed by atoms with Crippen LogP contribution in [0.25, 0.3) is 0 Å². The summed E-state index contributed by atoms with van der Waals surface area (Å²) >= 11 is 0. The van der Waals surface area contributed by atoms with Crippen molar-refractivity contribution in [1.82, 2.24) is 0 Å². The molecule has 1 rings (SSSR count). The SMILES string of the molecule is COc1ccc(C(F)(F)F)c(CCON)c1OC. The van der Waals surface area contributed by atoms with Crippen molar-refractivity contribution in [1.29, 1.82) is 0 Å². The van der Waals surface area contributed by atoms with Gasteiger partial charge < -0.3 is 14.3 Å². The monoisotopic (exact) mass is 265 g/mol. The van der Waals surface area contributed by atoms with Gasteiger partial charge in [0.2, 0.25) is 0 Å². The van der Waals surface area contributed by atoms with E-state index in [1.165, 1.54) is 20.3 Å². The molecule has 0 amide bonds. The second-order valence-corrected chi connectivity index (χ2v) is 3.45. The molecule has 1 aromatic carbocycles. The van der Waals surface area contributed by atoms with Gasteiger partial charge in [0.1, 0.15) is 0 Å². The molecule has 0 spiro atoms. The molecule has 0 heterocycles. The third-order valence-corrected chi connectivity index (χ3v) is 2.42. The Morgan fingerprint density at radius 3 is 2.28 bits per heavy atom. The van der Waals surface area contributed by atoms with Gasteiger partial charge in [-0.15, -0.1) is 0 Å². The Bertz CT molecular complexity index is 407. The van der Waals surface area contributed by atoms with Gasteiger partial charge in [0.15, 0.2) is 11.5 Å². The second kappa shape index (κ2) is 5.92. The quantitative estimate of drug-likeness (QED) is 0.829. The van der Waals surface area contributed by atoms with E-state index in [1.807, 2.05) is 0 Å². The normalized spacial score (nSPS) is 11.4. The number of rotatable bonds is 5. The molecule has 0 saturated carbocycles. The van der Waals surface area contributed by atoms with Gasteiger partial charge in [-0.1, -0.05) is 0 Å². The van der Waals surface area contributed by atoms with Crippen LogP contribution in [-0.2, 0) is 17.4 Å². The van der Waals surface area contributed by atoms with Gasteiger partial charge >= 0.3 is 6.18 Å². The van der Waals surface area contributed by atoms with Crippen molar-refractivity contribution in [3.8, 4) is 11.5 Å². The van der Waals surface area contributed by atoms with Gasteiger partial charge in [0, 0.05) is 12.0 Å². The predicted molar refractivity (Wildman–Crippen MR) is 58.4 cm³/mol. The van der Waals surface area contributed by atoms with E-state index >= 15 is 0 Å². The second-order valence-electron chi connectivity index (χ2n) is 3.45. The molecular formula is C11H14F3NO3. The number of alkyl halides is 3. The van der Waals surface area contributed by atoms with Gasteiger partial charge in [-0.05, 0) is 12.1 Å². The summed E-state index contributed by atoms with van der Waals surface area (Å²) < 4.78 is 48.5. The molecular weight excluding hydrogens is 251 g/mol. The average molecular weight is 265 g/mol. The topological polar surface area (TPSA) is 53.7 Å². The Balaban J connectivity index is 3.34. The Morgan fingerprint density at radius 1 is 1.17 bits per heavy atom. The predicted octanol–water partition coefficient (Wildman–Crippen LogP) is 2.16. The molecule has 0 radical (unpaired) electrons. The first kappa shape index (κ1) is 14.6. The largest absolute Gasteiger partial charge is 0.493 e. The minimum Gasteiger partial charge on any atom is -0.493 e. The molecule has 0 atom stereocenters. The minimum absolute atomic E-state index is 0.0221. The van der Waals surface area contributed by atoms with E-state index in [2.05, 4.69) is 4.84 Å². The molecule has 0 aliphatic carbocycles. The zero-order valence-corrected chi connectivity index (χ0v) is 10.0. The van der Waals surface area contributed by atoms with Crippen molar-refractivity contribution >= 4 is 0 Å². The molecule has 7 heteroatoms. The number of benzene rings is 1. The highest BCUT2D eigenvalue weighted by molar-refractivity contribution is 5.51. The molecule has 18 heavy (non-hydrogen) atoms. The number of methoxy groups -OCH3 is 2. The van der Waals surface area contributed by atoms with Crippen molar-refractivity contribution in [3.05, 3.63) is 23.3 Å². The van der Waals surface area contributed by atoms with E-state index in [-0.39, 0.29) is 30.1 Å². The van der Waals surface area contributed by atoms with Crippen LogP contribution < -0.4 is 15.4 Å². The van der Waals surface area contributed by atoms with Crippen molar-refractivity contribution in [2.45, 2.75) is 12.6 Å². The molecule has 102 valence electrons. The summed E-state index contributed by atoms with van der Waals surface area (Å²) in [6, 6.07) is 2.17. The number of ether oxygens (including phenoxy) is 2. The highest BCUT2D eigenvalue weighted by Gasteiger charge is 2.35. The van der Waals surface area contributed by atoms with E-state index in [0.717, 1.165) is 6.07 Å². The van der Waals surface area contributed by atoms with Crippen LogP contribution in [0.4, 0.5) is 13.2 Å². The lowest BCUT2D eigenvalue weighted by atomic mass is 10.0. The molecule has 0 saturated heterocycles. The van der Waals surface area contributed by atoms with E-state index in [0.29, 0.717) is 0 Å². The Labute approximate surface area is 102 Å². The fourth-order valence-corrected chi connectivity index (χ4v) is 1.67. The highest BCUT2D eigenvalue weighted by Crippen LogP contribution is 2.41. The maximum atomic E-state index is 12.9. The van der Waals surface area contributed by atoms with Gasteiger partial charge in [0.25, 0.3) is 0 Å². The molecule has 0 aliphatic heterocycles. The summed E-state index contributed by atoms with van der Waals surface area (Å²) in [6.07, 6.45) is -4.49. The summed E-state index contributed by atoms with van der Waals surface area (Å²) in [4.78, 5) is 4.32. The Hall–Kier alpha value is -1.47. The van der Waals surface area contributed by atoms with Crippen LogP contribution in [0, 0.1) is 0 Å². The van der Waals surface area contributed by atoms with Crippen LogP contribution in [0.5, 0.6) is 11.5 Å². The van der Waals surface area contributed by atoms with E-state index in [1.54, 1.807) is 0 Å². The summed E-state index contributed by atoms with van der Waals surface area (Å²) in [5, 5.41) is 0. The highest BCUT2D eigenvalue weighted by atomic mass is 19.4. The molecule has 0 aromatic heterocycles. The summed E-state index contributed by atoms with van der Waals surface area (Å²) in [6.45, 7) is -0.0490. The van der Waals surface area contributed by atoms with Crippen LogP contribution >= 0.6 is 0 Å². The fraction of sp³-hybridized carbons (Fsp3) is 0.455. The zero-order chi connectivity index (χ0) is 13.8. The lowest BCUT2D eigenvalue weighted by molar-refractivity contribution is -0.138. The van der Waals surface area contributed by atoms with Crippen LogP contribution in [0.2, 0.25) is 0 Å². The van der Waals surface area contributed by atoms with Gasteiger partial charge in [-0.3, -0.25) is 0 Å². The van der Waals surface area contributed by atoms with E-state index in [4.69, 9.17) is 15.4 Å². The lowest BCUT2D eigenvalue weighted by Crippen LogP contribution is -2.14. The molecule has 0 fully saturated rings. The first-order valence-corrected chi connectivity index (χ1v) is 5.08. The standard InChI is InChI=1S/C11H14F3NO3/c1-16-9-4-3-8(11(12,13)14)7(5-6-18-15)10(9)17-2/h3-4H,5-6,15H2,1-2H3. The van der Waals surface area contributed by atoms with E-state index < -0.39 is 11.7 Å². The van der Waals surface area contributed by atoms with Gasteiger partial charge in [-0.2, -0.15) is 13.2 Å². The van der Waals surface area contributed by atoms with Crippen LogP contribution in [-0.4, -0.2) is 20.8 Å².